The van der Waals surface area contributed by atoms with Gasteiger partial charge in [0.15, 0.2) is 0 Å². The van der Waals surface area contributed by atoms with E-state index in [2.05, 4.69) is 11.8 Å². The number of hydrogen-bond acceptors (Lipinski definition) is 2. The number of piperidine rings is 1. The Labute approximate surface area is 98.4 Å². The number of amides is 1. The van der Waals surface area contributed by atoms with Crippen molar-refractivity contribution in [1.82, 2.24) is 4.90 Å². The second-order valence-electron chi connectivity index (χ2n) is 5.66. The van der Waals surface area contributed by atoms with Gasteiger partial charge >= 0.3 is 0 Å². The lowest BCUT2D eigenvalue weighted by Gasteiger charge is -2.40. The molecule has 0 aromatic carbocycles. The average molecular weight is 224 g/mol. The van der Waals surface area contributed by atoms with Crippen LogP contribution in [0.5, 0.6) is 0 Å². The number of nitrogens with two attached hydrogens (primary N) is 1. The van der Waals surface area contributed by atoms with Crippen LogP contribution in [0.4, 0.5) is 0 Å². The van der Waals surface area contributed by atoms with Crippen LogP contribution in [0.3, 0.4) is 0 Å². The van der Waals surface area contributed by atoms with E-state index in [0.29, 0.717) is 6.04 Å². The quantitative estimate of drug-likeness (QED) is 0.777. The molecule has 0 aromatic heterocycles. The van der Waals surface area contributed by atoms with E-state index in [4.69, 9.17) is 5.73 Å². The van der Waals surface area contributed by atoms with Crippen LogP contribution in [0.25, 0.3) is 0 Å². The lowest BCUT2D eigenvalue weighted by molar-refractivity contribution is -0.123. The molecular formula is C13H24N2O. The second kappa shape index (κ2) is 5.17. The van der Waals surface area contributed by atoms with Crippen molar-refractivity contribution in [3.8, 4) is 0 Å². The number of likely N-dealkylation sites (tertiary alicyclic amines) is 1. The molecule has 1 saturated heterocycles. The first kappa shape index (κ1) is 11.9. The molecule has 1 amide bonds. The summed E-state index contributed by atoms with van der Waals surface area (Å²) in [4.78, 5) is 13.8. The summed E-state index contributed by atoms with van der Waals surface area (Å²) in [6.45, 7) is 4.43. The maximum Gasteiger partial charge on any atom is 0.221 e. The van der Waals surface area contributed by atoms with Gasteiger partial charge in [0.25, 0.3) is 0 Å². The first-order valence-electron chi connectivity index (χ1n) is 6.70. The summed E-state index contributed by atoms with van der Waals surface area (Å²) >= 11 is 0. The van der Waals surface area contributed by atoms with Gasteiger partial charge in [-0.2, -0.15) is 0 Å². The van der Waals surface area contributed by atoms with Crippen LogP contribution in [0.15, 0.2) is 0 Å². The summed E-state index contributed by atoms with van der Waals surface area (Å²) < 4.78 is 0. The Kier molecular flexibility index (Phi) is 3.85. The molecule has 2 fully saturated rings. The fourth-order valence-electron chi connectivity index (χ4n) is 3.30. The first-order valence-corrected chi connectivity index (χ1v) is 6.70. The van der Waals surface area contributed by atoms with Crippen LogP contribution in [0, 0.1) is 11.8 Å². The largest absolute Gasteiger partial charge is 0.369 e. The number of carbonyl (C=O) groups excluding carboxylic acids is 1. The van der Waals surface area contributed by atoms with E-state index in [9.17, 15) is 4.79 Å². The summed E-state index contributed by atoms with van der Waals surface area (Å²) in [5.41, 5.74) is 5.42. The molecule has 3 atom stereocenters. The van der Waals surface area contributed by atoms with E-state index in [0.717, 1.165) is 25.3 Å². The van der Waals surface area contributed by atoms with Crippen molar-refractivity contribution in [2.45, 2.75) is 51.5 Å². The fourth-order valence-corrected chi connectivity index (χ4v) is 3.30. The second-order valence-corrected chi connectivity index (χ2v) is 5.66. The monoisotopic (exact) mass is 224 g/mol. The van der Waals surface area contributed by atoms with Crippen LogP contribution >= 0.6 is 0 Å². The highest BCUT2D eigenvalue weighted by atomic mass is 16.1. The van der Waals surface area contributed by atoms with Crippen LogP contribution in [0.2, 0.25) is 0 Å². The third-order valence-electron chi connectivity index (χ3n) is 4.28. The number of carbonyl (C=O) groups is 1. The van der Waals surface area contributed by atoms with Crippen LogP contribution < -0.4 is 5.73 Å². The zero-order valence-corrected chi connectivity index (χ0v) is 10.3. The smallest absolute Gasteiger partial charge is 0.221 e. The number of nitrogens with zero attached hydrogens (tertiary/aromatic N) is 1. The molecule has 1 saturated carbocycles. The zero-order chi connectivity index (χ0) is 11.5. The van der Waals surface area contributed by atoms with Gasteiger partial charge in [-0.1, -0.05) is 19.8 Å². The third-order valence-corrected chi connectivity index (χ3v) is 4.28. The van der Waals surface area contributed by atoms with Gasteiger partial charge in [0.1, 0.15) is 0 Å². The summed E-state index contributed by atoms with van der Waals surface area (Å²) in [6.07, 6.45) is 7.49. The Balaban J connectivity index is 1.90. The molecule has 92 valence electrons. The van der Waals surface area contributed by atoms with Crippen molar-refractivity contribution in [3.05, 3.63) is 0 Å². The van der Waals surface area contributed by atoms with E-state index in [1.165, 1.54) is 32.2 Å². The Bertz CT molecular complexity index is 254. The summed E-state index contributed by atoms with van der Waals surface area (Å²) in [7, 11) is 0. The highest BCUT2D eigenvalue weighted by molar-refractivity contribution is 5.76. The molecule has 2 N–H and O–H groups in total. The first-order chi connectivity index (χ1) is 7.66. The van der Waals surface area contributed by atoms with Gasteiger partial charge in [-0.05, 0) is 38.1 Å². The molecule has 1 heterocycles. The number of hydrogen-bond donors (Lipinski definition) is 1. The molecule has 0 bridgehead atoms. The molecule has 3 nitrogen and oxygen atoms in total. The number of primary amides is 1. The molecule has 0 radical (unpaired) electrons. The lowest BCUT2D eigenvalue weighted by atomic mass is 9.84. The minimum Gasteiger partial charge on any atom is -0.369 e. The summed E-state index contributed by atoms with van der Waals surface area (Å²) in [5.74, 6) is 0.854. The Morgan fingerprint density at radius 1 is 1.25 bits per heavy atom. The minimum atomic E-state index is -0.103. The van der Waals surface area contributed by atoms with Crippen molar-refractivity contribution >= 4 is 5.91 Å². The van der Waals surface area contributed by atoms with E-state index in [-0.39, 0.29) is 11.8 Å². The normalized spacial score (nSPS) is 37.2. The van der Waals surface area contributed by atoms with Gasteiger partial charge in [0.05, 0.1) is 5.92 Å². The standard InChI is InChI=1S/C13H24N2O/c1-10-4-2-6-12(8-10)15-7-3-5-11(9-15)13(14)16/h10-12H,2-9H2,1H3,(H2,14,16)/t10-,11-,12-/m0/s1. The van der Waals surface area contributed by atoms with E-state index in [1.807, 2.05) is 0 Å². The Hall–Kier alpha value is -0.570. The van der Waals surface area contributed by atoms with Crippen molar-refractivity contribution in [2.24, 2.45) is 17.6 Å². The molecule has 3 heteroatoms. The predicted molar refractivity (Wildman–Crippen MR) is 64.9 cm³/mol. The van der Waals surface area contributed by atoms with Crippen molar-refractivity contribution < 1.29 is 4.79 Å². The van der Waals surface area contributed by atoms with Gasteiger partial charge in [0, 0.05) is 12.6 Å². The van der Waals surface area contributed by atoms with Gasteiger partial charge < -0.3 is 5.73 Å². The predicted octanol–water partition coefficient (Wildman–Crippen LogP) is 1.76. The highest BCUT2D eigenvalue weighted by Crippen LogP contribution is 2.30. The molecule has 1 aliphatic carbocycles. The lowest BCUT2D eigenvalue weighted by Crippen LogP contribution is -2.47. The fraction of sp³-hybridized carbons (Fsp3) is 0.923. The summed E-state index contributed by atoms with van der Waals surface area (Å²) in [5, 5.41) is 0. The Morgan fingerprint density at radius 2 is 2.06 bits per heavy atom. The van der Waals surface area contributed by atoms with Gasteiger partial charge in [0.2, 0.25) is 5.91 Å². The van der Waals surface area contributed by atoms with E-state index >= 15 is 0 Å². The van der Waals surface area contributed by atoms with Crippen LogP contribution in [0.1, 0.15) is 45.4 Å². The molecule has 2 rings (SSSR count). The third kappa shape index (κ3) is 2.76. The highest BCUT2D eigenvalue weighted by Gasteiger charge is 2.30. The van der Waals surface area contributed by atoms with Gasteiger partial charge in [-0.3, -0.25) is 9.69 Å². The maximum atomic E-state index is 11.2. The molecular weight excluding hydrogens is 200 g/mol. The molecule has 2 aliphatic rings. The molecule has 0 aromatic rings. The van der Waals surface area contributed by atoms with Crippen molar-refractivity contribution in [1.29, 1.82) is 0 Å². The number of rotatable bonds is 2. The van der Waals surface area contributed by atoms with Gasteiger partial charge in [-0.25, -0.2) is 0 Å². The zero-order valence-electron chi connectivity index (χ0n) is 10.3. The molecule has 1 aliphatic heterocycles. The topological polar surface area (TPSA) is 46.3 Å². The van der Waals surface area contributed by atoms with Crippen LogP contribution in [-0.4, -0.2) is 29.9 Å². The average Bonchev–Trinajstić information content (AvgIpc) is 2.29. The van der Waals surface area contributed by atoms with E-state index < -0.39 is 0 Å². The van der Waals surface area contributed by atoms with E-state index in [1.54, 1.807) is 0 Å². The molecule has 0 unspecified atom stereocenters. The van der Waals surface area contributed by atoms with Crippen LogP contribution in [-0.2, 0) is 4.79 Å². The molecule has 0 spiro atoms. The Morgan fingerprint density at radius 3 is 2.75 bits per heavy atom. The van der Waals surface area contributed by atoms with Crippen molar-refractivity contribution in [3.63, 3.8) is 0 Å². The maximum absolute atomic E-state index is 11.2. The SMILES string of the molecule is C[C@H]1CCC[C@H](N2CCC[C@H](C(N)=O)C2)C1. The van der Waals surface area contributed by atoms with Crippen molar-refractivity contribution in [2.75, 3.05) is 13.1 Å². The van der Waals surface area contributed by atoms with Gasteiger partial charge in [-0.15, -0.1) is 0 Å². The summed E-state index contributed by atoms with van der Waals surface area (Å²) in [6, 6.07) is 0.714. The minimum absolute atomic E-state index is 0.103. The molecule has 16 heavy (non-hydrogen) atoms.